The average molecular weight is 298 g/mol. The molecule has 3 rings (SSSR count). The van der Waals surface area contributed by atoms with Crippen LogP contribution in [0.25, 0.3) is 5.65 Å². The zero-order valence-corrected chi connectivity index (χ0v) is 13.6. The Morgan fingerprint density at radius 2 is 1.95 bits per heavy atom. The van der Waals surface area contributed by atoms with E-state index in [1.165, 1.54) is 11.3 Å². The number of H-pyrrole nitrogens is 1. The van der Waals surface area contributed by atoms with Crippen LogP contribution >= 0.6 is 0 Å². The third kappa shape index (κ3) is 2.81. The summed E-state index contributed by atoms with van der Waals surface area (Å²) in [5, 5.41) is 15.2. The van der Waals surface area contributed by atoms with Gasteiger partial charge in [0.25, 0.3) is 0 Å². The van der Waals surface area contributed by atoms with Crippen LogP contribution in [-0.2, 0) is 6.42 Å². The number of aromatic nitrogens is 5. The van der Waals surface area contributed by atoms with Gasteiger partial charge in [0.05, 0.1) is 11.4 Å². The first-order chi connectivity index (χ1) is 10.5. The minimum atomic E-state index is 0.890. The Morgan fingerprint density at radius 3 is 2.68 bits per heavy atom. The SMILES string of the molecule is Cc1cc(NCCCc2c(C)n[nH]c2C)n2nc(C)cc2n1. The second-order valence-corrected chi connectivity index (χ2v) is 5.78. The molecule has 0 fully saturated rings. The summed E-state index contributed by atoms with van der Waals surface area (Å²) in [5.74, 6) is 0.997. The summed E-state index contributed by atoms with van der Waals surface area (Å²) in [7, 11) is 0. The molecule has 0 unspecified atom stereocenters. The lowest BCUT2D eigenvalue weighted by Crippen LogP contribution is -2.09. The summed E-state index contributed by atoms with van der Waals surface area (Å²) in [4.78, 5) is 4.50. The maximum absolute atomic E-state index is 4.50. The van der Waals surface area contributed by atoms with Crippen molar-refractivity contribution in [3.05, 3.63) is 40.5 Å². The zero-order chi connectivity index (χ0) is 15.7. The third-order valence-electron chi connectivity index (χ3n) is 3.87. The van der Waals surface area contributed by atoms with Crippen molar-refractivity contribution in [1.29, 1.82) is 0 Å². The number of nitrogens with one attached hydrogen (secondary N) is 2. The topological polar surface area (TPSA) is 70.9 Å². The quantitative estimate of drug-likeness (QED) is 0.711. The van der Waals surface area contributed by atoms with Crippen LogP contribution in [0, 0.1) is 27.7 Å². The molecule has 0 radical (unpaired) electrons. The predicted octanol–water partition coefficient (Wildman–Crippen LogP) is 2.73. The van der Waals surface area contributed by atoms with E-state index in [4.69, 9.17) is 0 Å². The Kier molecular flexibility index (Phi) is 3.83. The molecule has 6 heteroatoms. The maximum Gasteiger partial charge on any atom is 0.157 e. The summed E-state index contributed by atoms with van der Waals surface area (Å²) in [6, 6.07) is 4.03. The molecule has 22 heavy (non-hydrogen) atoms. The Labute approximate surface area is 130 Å². The molecule has 0 aliphatic carbocycles. The van der Waals surface area contributed by atoms with Gasteiger partial charge >= 0.3 is 0 Å². The summed E-state index contributed by atoms with van der Waals surface area (Å²) in [5.41, 5.74) is 6.46. The Balaban J connectivity index is 1.67. The molecule has 2 N–H and O–H groups in total. The molecule has 0 bridgehead atoms. The first kappa shape index (κ1) is 14.6. The Bertz CT molecular complexity index is 779. The minimum absolute atomic E-state index is 0.890. The Hall–Kier alpha value is -2.37. The number of aromatic amines is 1. The van der Waals surface area contributed by atoms with E-state index in [0.29, 0.717) is 0 Å². The number of nitrogens with zero attached hydrogens (tertiary/aromatic N) is 4. The van der Waals surface area contributed by atoms with Crippen molar-refractivity contribution in [3.8, 4) is 0 Å². The molecule has 0 atom stereocenters. The van der Waals surface area contributed by atoms with E-state index in [1.54, 1.807) is 0 Å². The maximum atomic E-state index is 4.50. The molecule has 3 aromatic rings. The van der Waals surface area contributed by atoms with Gasteiger partial charge in [-0.3, -0.25) is 5.10 Å². The number of hydrogen-bond acceptors (Lipinski definition) is 4. The summed E-state index contributed by atoms with van der Waals surface area (Å²) < 4.78 is 1.87. The van der Waals surface area contributed by atoms with Crippen LogP contribution in [0.2, 0.25) is 0 Å². The molecule has 3 heterocycles. The van der Waals surface area contributed by atoms with Crippen molar-refractivity contribution in [3.63, 3.8) is 0 Å². The van der Waals surface area contributed by atoms with E-state index in [-0.39, 0.29) is 0 Å². The van der Waals surface area contributed by atoms with Gasteiger partial charge in [0.15, 0.2) is 5.65 Å². The highest BCUT2D eigenvalue weighted by molar-refractivity contribution is 5.50. The molecule has 0 aliphatic rings. The summed E-state index contributed by atoms with van der Waals surface area (Å²) in [6.45, 7) is 9.01. The number of rotatable bonds is 5. The predicted molar refractivity (Wildman–Crippen MR) is 87.3 cm³/mol. The van der Waals surface area contributed by atoms with Gasteiger partial charge in [-0.15, -0.1) is 0 Å². The number of fused-ring (bicyclic) bond motifs is 1. The van der Waals surface area contributed by atoms with Crippen LogP contribution in [0.15, 0.2) is 12.1 Å². The molecule has 116 valence electrons. The van der Waals surface area contributed by atoms with Crippen LogP contribution < -0.4 is 5.32 Å². The zero-order valence-electron chi connectivity index (χ0n) is 13.6. The van der Waals surface area contributed by atoms with Gasteiger partial charge in [0.2, 0.25) is 0 Å². The molecule has 3 aromatic heterocycles. The van der Waals surface area contributed by atoms with Crippen molar-refractivity contribution in [2.24, 2.45) is 0 Å². The van der Waals surface area contributed by atoms with Gasteiger partial charge in [-0.1, -0.05) is 0 Å². The molecule has 0 spiro atoms. The van der Waals surface area contributed by atoms with E-state index in [0.717, 1.165) is 47.9 Å². The molecular formula is C16H22N6. The highest BCUT2D eigenvalue weighted by Gasteiger charge is 2.08. The molecule has 0 aliphatic heterocycles. The average Bonchev–Trinajstić information content (AvgIpc) is 2.98. The van der Waals surface area contributed by atoms with Gasteiger partial charge in [-0.05, 0) is 46.1 Å². The van der Waals surface area contributed by atoms with Gasteiger partial charge in [-0.2, -0.15) is 14.7 Å². The first-order valence-electron chi connectivity index (χ1n) is 7.63. The van der Waals surface area contributed by atoms with Gasteiger partial charge in [-0.25, -0.2) is 4.98 Å². The highest BCUT2D eigenvalue weighted by atomic mass is 15.3. The van der Waals surface area contributed by atoms with Crippen LogP contribution in [0.5, 0.6) is 0 Å². The van der Waals surface area contributed by atoms with Crippen molar-refractivity contribution < 1.29 is 0 Å². The molecular weight excluding hydrogens is 276 g/mol. The van der Waals surface area contributed by atoms with Gasteiger partial charge < -0.3 is 5.32 Å². The number of aryl methyl sites for hydroxylation is 4. The number of anilines is 1. The second kappa shape index (κ2) is 5.79. The summed E-state index contributed by atoms with van der Waals surface area (Å²) >= 11 is 0. The molecule has 0 amide bonds. The lowest BCUT2D eigenvalue weighted by atomic mass is 10.1. The van der Waals surface area contributed by atoms with Crippen molar-refractivity contribution >= 4 is 11.5 Å². The second-order valence-electron chi connectivity index (χ2n) is 5.78. The van der Waals surface area contributed by atoms with E-state index in [9.17, 15) is 0 Å². The lowest BCUT2D eigenvalue weighted by molar-refractivity contribution is 0.831. The van der Waals surface area contributed by atoms with Crippen molar-refractivity contribution in [2.75, 3.05) is 11.9 Å². The largest absolute Gasteiger partial charge is 0.370 e. The van der Waals surface area contributed by atoms with E-state index in [1.807, 2.05) is 30.5 Å². The van der Waals surface area contributed by atoms with Gasteiger partial charge in [0.1, 0.15) is 5.82 Å². The smallest absolute Gasteiger partial charge is 0.157 e. The normalized spacial score (nSPS) is 11.3. The fraction of sp³-hybridized carbons (Fsp3) is 0.438. The molecule has 0 saturated heterocycles. The standard InChI is InChI=1S/C16H22N6/c1-10-8-15(22-16(18-10)9-11(2)21-22)17-7-5-6-14-12(3)19-20-13(14)4/h8-9,17H,5-7H2,1-4H3,(H,19,20). The molecule has 0 saturated carbocycles. The molecule has 6 nitrogen and oxygen atoms in total. The van der Waals surface area contributed by atoms with E-state index >= 15 is 0 Å². The fourth-order valence-electron chi connectivity index (χ4n) is 2.76. The third-order valence-corrected chi connectivity index (χ3v) is 3.87. The monoisotopic (exact) mass is 298 g/mol. The highest BCUT2D eigenvalue weighted by Crippen LogP contribution is 2.15. The first-order valence-corrected chi connectivity index (χ1v) is 7.63. The minimum Gasteiger partial charge on any atom is -0.370 e. The van der Waals surface area contributed by atoms with E-state index in [2.05, 4.69) is 39.4 Å². The lowest BCUT2D eigenvalue weighted by Gasteiger charge is -2.09. The van der Waals surface area contributed by atoms with E-state index < -0.39 is 0 Å². The van der Waals surface area contributed by atoms with Crippen molar-refractivity contribution in [1.82, 2.24) is 24.8 Å². The number of hydrogen-bond donors (Lipinski definition) is 2. The molecule has 0 aromatic carbocycles. The van der Waals surface area contributed by atoms with Crippen LogP contribution in [0.3, 0.4) is 0 Å². The van der Waals surface area contributed by atoms with Gasteiger partial charge in [0, 0.05) is 30.1 Å². The van der Waals surface area contributed by atoms with Crippen LogP contribution in [-0.4, -0.2) is 31.3 Å². The van der Waals surface area contributed by atoms with Crippen LogP contribution in [0.1, 0.15) is 34.8 Å². The summed E-state index contributed by atoms with van der Waals surface area (Å²) in [6.07, 6.45) is 2.07. The fourth-order valence-corrected chi connectivity index (χ4v) is 2.76. The van der Waals surface area contributed by atoms with Crippen molar-refractivity contribution in [2.45, 2.75) is 40.5 Å². The van der Waals surface area contributed by atoms with Crippen LogP contribution in [0.4, 0.5) is 5.82 Å². The Morgan fingerprint density at radius 1 is 1.14 bits per heavy atom.